The summed E-state index contributed by atoms with van der Waals surface area (Å²) in [6.45, 7) is 1.94. The molecule has 2 heterocycles. The van der Waals surface area contributed by atoms with Crippen molar-refractivity contribution in [3.63, 3.8) is 0 Å². The van der Waals surface area contributed by atoms with Crippen molar-refractivity contribution in [3.8, 4) is 0 Å². The normalized spacial score (nSPS) is 21.9. The Morgan fingerprint density at radius 1 is 1.42 bits per heavy atom. The van der Waals surface area contributed by atoms with Crippen LogP contribution in [-0.4, -0.2) is 31.9 Å². The van der Waals surface area contributed by atoms with Crippen LogP contribution in [0.3, 0.4) is 0 Å². The van der Waals surface area contributed by atoms with E-state index in [9.17, 15) is 4.79 Å². The lowest BCUT2D eigenvalue weighted by molar-refractivity contribution is -0.121. The fourth-order valence-corrected chi connectivity index (χ4v) is 3.66. The van der Waals surface area contributed by atoms with Crippen LogP contribution in [0.2, 0.25) is 0 Å². The lowest BCUT2D eigenvalue weighted by Gasteiger charge is -2.38. The molecule has 1 aliphatic carbocycles. The Kier molecular flexibility index (Phi) is 4.89. The van der Waals surface area contributed by atoms with Gasteiger partial charge in [0.25, 0.3) is 0 Å². The molecule has 1 spiro atoms. The van der Waals surface area contributed by atoms with Crippen LogP contribution in [0.1, 0.15) is 39.0 Å². The van der Waals surface area contributed by atoms with Crippen molar-refractivity contribution in [1.82, 2.24) is 20.2 Å². The molecule has 1 aliphatic heterocycles. The standard InChI is InChI=1S/C17H21N5OS/c1-13(20-15-7-10-18-11-19-15)5-6-14-16(24)21-17(22(14)12-23)8-3-2-4-9-17/h5-7,10-12H,2-4,8-9H2,1H3,(H,21,24)(H,18,19,20)/b13-5+,14-6-. The van der Waals surface area contributed by atoms with Gasteiger partial charge in [0.2, 0.25) is 6.41 Å². The molecule has 0 atom stereocenters. The van der Waals surface area contributed by atoms with Crippen molar-refractivity contribution in [1.29, 1.82) is 0 Å². The molecule has 2 N–H and O–H groups in total. The molecular formula is C17H21N5OS. The second-order valence-electron chi connectivity index (χ2n) is 6.14. The van der Waals surface area contributed by atoms with Crippen LogP contribution >= 0.6 is 12.2 Å². The second-order valence-corrected chi connectivity index (χ2v) is 6.55. The van der Waals surface area contributed by atoms with Crippen molar-refractivity contribution >= 4 is 29.4 Å². The fraction of sp³-hybridized carbons (Fsp3) is 0.412. The third kappa shape index (κ3) is 3.31. The zero-order chi connectivity index (χ0) is 17.0. The number of thiocarbonyl (C=S) groups is 1. The Morgan fingerprint density at radius 3 is 2.88 bits per heavy atom. The van der Waals surface area contributed by atoms with Crippen molar-refractivity contribution in [2.24, 2.45) is 0 Å². The maximum absolute atomic E-state index is 11.7. The van der Waals surface area contributed by atoms with Gasteiger partial charge in [0, 0.05) is 11.9 Å². The molecule has 0 radical (unpaired) electrons. The Labute approximate surface area is 147 Å². The van der Waals surface area contributed by atoms with E-state index in [2.05, 4.69) is 20.6 Å². The summed E-state index contributed by atoms with van der Waals surface area (Å²) >= 11 is 5.47. The summed E-state index contributed by atoms with van der Waals surface area (Å²) < 4.78 is 0. The number of allylic oxidation sites excluding steroid dienone is 3. The van der Waals surface area contributed by atoms with Crippen LogP contribution in [0.15, 0.2) is 42.1 Å². The smallest absolute Gasteiger partial charge is 0.216 e. The lowest BCUT2D eigenvalue weighted by atomic mass is 9.89. The number of hydrogen-bond donors (Lipinski definition) is 2. The van der Waals surface area contributed by atoms with Crippen LogP contribution < -0.4 is 10.6 Å². The first-order chi connectivity index (χ1) is 11.6. The van der Waals surface area contributed by atoms with Crippen LogP contribution in [-0.2, 0) is 4.79 Å². The van der Waals surface area contributed by atoms with E-state index in [1.807, 2.05) is 19.1 Å². The van der Waals surface area contributed by atoms with Gasteiger partial charge in [-0.05, 0) is 50.8 Å². The molecule has 0 unspecified atom stereocenters. The summed E-state index contributed by atoms with van der Waals surface area (Å²) in [5.41, 5.74) is 1.33. The van der Waals surface area contributed by atoms with Gasteiger partial charge in [0.1, 0.15) is 22.8 Å². The van der Waals surface area contributed by atoms with Crippen molar-refractivity contribution in [2.75, 3.05) is 5.32 Å². The molecule has 1 saturated heterocycles. The number of hydrogen-bond acceptors (Lipinski definition) is 5. The van der Waals surface area contributed by atoms with E-state index in [0.717, 1.165) is 49.3 Å². The Balaban J connectivity index is 1.79. The average Bonchev–Trinajstić information content (AvgIpc) is 2.84. The molecule has 1 amide bonds. The lowest BCUT2D eigenvalue weighted by Crippen LogP contribution is -2.52. The zero-order valence-electron chi connectivity index (χ0n) is 13.7. The summed E-state index contributed by atoms with van der Waals surface area (Å²) in [7, 11) is 0. The second kappa shape index (κ2) is 7.09. The van der Waals surface area contributed by atoms with Gasteiger partial charge in [-0.3, -0.25) is 9.69 Å². The first-order valence-corrected chi connectivity index (χ1v) is 8.54. The van der Waals surface area contributed by atoms with Gasteiger partial charge in [-0.1, -0.05) is 18.6 Å². The number of carbonyl (C=O) groups excluding carboxylic acids is 1. The Hall–Kier alpha value is -2.28. The monoisotopic (exact) mass is 343 g/mol. The number of aromatic nitrogens is 2. The van der Waals surface area contributed by atoms with Gasteiger partial charge < -0.3 is 10.6 Å². The molecule has 2 aliphatic rings. The predicted molar refractivity (Wildman–Crippen MR) is 96.9 cm³/mol. The largest absolute Gasteiger partial charge is 0.352 e. The Morgan fingerprint density at radius 2 is 2.21 bits per heavy atom. The van der Waals surface area contributed by atoms with E-state index in [0.29, 0.717) is 4.99 Å². The van der Waals surface area contributed by atoms with Crippen molar-refractivity contribution < 1.29 is 4.79 Å². The molecule has 1 aromatic rings. The van der Waals surface area contributed by atoms with Gasteiger partial charge in [0.05, 0.1) is 5.70 Å². The quantitative estimate of drug-likeness (QED) is 0.498. The van der Waals surface area contributed by atoms with Crippen LogP contribution in [0.5, 0.6) is 0 Å². The Bertz CT molecular complexity index is 679. The maximum atomic E-state index is 11.7. The predicted octanol–water partition coefficient (Wildman–Crippen LogP) is 2.73. The van der Waals surface area contributed by atoms with Gasteiger partial charge in [-0.25, -0.2) is 9.97 Å². The number of rotatable bonds is 4. The highest BCUT2D eigenvalue weighted by atomic mass is 32.1. The summed E-state index contributed by atoms with van der Waals surface area (Å²) in [5, 5.41) is 6.56. The molecule has 126 valence electrons. The van der Waals surface area contributed by atoms with Crippen LogP contribution in [0, 0.1) is 0 Å². The third-order valence-corrected chi connectivity index (χ3v) is 4.80. The average molecular weight is 343 g/mol. The SMILES string of the molecule is C/C(=C\C=C1\C(=S)NC2(CCCCC2)N1C=O)Nc1ccncn1. The minimum atomic E-state index is -0.329. The highest BCUT2D eigenvalue weighted by molar-refractivity contribution is 7.80. The van der Waals surface area contributed by atoms with Crippen molar-refractivity contribution in [2.45, 2.75) is 44.7 Å². The number of nitrogens with zero attached hydrogens (tertiary/aromatic N) is 3. The molecule has 2 fully saturated rings. The van der Waals surface area contributed by atoms with E-state index in [1.54, 1.807) is 17.2 Å². The van der Waals surface area contributed by atoms with E-state index in [4.69, 9.17) is 12.2 Å². The van der Waals surface area contributed by atoms with E-state index in [-0.39, 0.29) is 5.66 Å². The minimum Gasteiger partial charge on any atom is -0.352 e. The highest BCUT2D eigenvalue weighted by Gasteiger charge is 2.45. The maximum Gasteiger partial charge on any atom is 0.216 e. The number of anilines is 1. The van der Waals surface area contributed by atoms with Crippen molar-refractivity contribution in [3.05, 3.63) is 42.1 Å². The first-order valence-electron chi connectivity index (χ1n) is 8.13. The number of amides is 1. The first kappa shape index (κ1) is 16.6. The van der Waals surface area contributed by atoms with E-state index < -0.39 is 0 Å². The molecule has 6 nitrogen and oxygen atoms in total. The minimum absolute atomic E-state index is 0.329. The number of nitrogens with one attached hydrogen (secondary N) is 2. The summed E-state index contributed by atoms with van der Waals surface area (Å²) in [6, 6.07) is 1.79. The topological polar surface area (TPSA) is 70.2 Å². The third-order valence-electron chi connectivity index (χ3n) is 4.48. The highest BCUT2D eigenvalue weighted by Crippen LogP contribution is 2.37. The summed E-state index contributed by atoms with van der Waals surface area (Å²) in [4.78, 5) is 22.1. The summed E-state index contributed by atoms with van der Waals surface area (Å²) in [6.07, 6.45) is 13.2. The molecule has 1 saturated carbocycles. The van der Waals surface area contributed by atoms with Gasteiger partial charge in [0.15, 0.2) is 0 Å². The molecule has 24 heavy (non-hydrogen) atoms. The molecule has 3 rings (SSSR count). The molecule has 7 heteroatoms. The molecule has 0 aromatic carbocycles. The number of carbonyl (C=O) groups is 1. The van der Waals surface area contributed by atoms with E-state index >= 15 is 0 Å². The van der Waals surface area contributed by atoms with Crippen LogP contribution in [0.4, 0.5) is 5.82 Å². The fourth-order valence-electron chi connectivity index (χ4n) is 3.30. The van der Waals surface area contributed by atoms with Gasteiger partial charge in [-0.2, -0.15) is 0 Å². The molecule has 1 aromatic heterocycles. The van der Waals surface area contributed by atoms with Gasteiger partial charge in [-0.15, -0.1) is 0 Å². The molecular weight excluding hydrogens is 322 g/mol. The summed E-state index contributed by atoms with van der Waals surface area (Å²) in [5.74, 6) is 0.722. The van der Waals surface area contributed by atoms with E-state index in [1.165, 1.54) is 12.7 Å². The van der Waals surface area contributed by atoms with Gasteiger partial charge >= 0.3 is 0 Å². The molecule has 0 bridgehead atoms. The zero-order valence-corrected chi connectivity index (χ0v) is 14.5. The van der Waals surface area contributed by atoms with Crippen LogP contribution in [0.25, 0.3) is 0 Å².